The Hall–Kier alpha value is -1.76. The van der Waals surface area contributed by atoms with E-state index in [1.54, 1.807) is 37.3 Å². The molecular weight excluding hydrogens is 256 g/mol. The summed E-state index contributed by atoms with van der Waals surface area (Å²) in [5, 5.41) is 2.35. The first-order chi connectivity index (χ1) is 8.53. The number of hydrogen-bond donors (Lipinski definition) is 2. The normalized spacial score (nSPS) is 10.7. The maximum absolute atomic E-state index is 11.6. The number of alkyl carbamates (subject to hydrolysis) is 1. The van der Waals surface area contributed by atoms with Gasteiger partial charge in [0.2, 0.25) is 10.0 Å². The topological polar surface area (TPSA) is 84.5 Å². The van der Waals surface area contributed by atoms with Crippen LogP contribution in [0.3, 0.4) is 0 Å². The van der Waals surface area contributed by atoms with Gasteiger partial charge in [0.1, 0.15) is 0 Å². The lowest BCUT2D eigenvalue weighted by atomic mass is 10.3. The van der Waals surface area contributed by atoms with Crippen LogP contribution >= 0.6 is 0 Å². The van der Waals surface area contributed by atoms with Crippen molar-refractivity contribution < 1.29 is 17.9 Å². The number of ether oxygens (including phenoxy) is 1. The average Bonchev–Trinajstić information content (AvgIpc) is 2.29. The summed E-state index contributed by atoms with van der Waals surface area (Å²) in [4.78, 5) is 10.9. The summed E-state index contributed by atoms with van der Waals surface area (Å²) in [5.41, 5.74) is 0.494. The van der Waals surface area contributed by atoms with Gasteiger partial charge in [-0.25, -0.2) is 13.2 Å². The Morgan fingerprint density at radius 1 is 1.28 bits per heavy atom. The molecule has 0 bridgehead atoms. The number of amides is 1. The predicted octanol–water partition coefficient (Wildman–Crippen LogP) is 1.17. The molecule has 0 aliphatic rings. The number of nitrogens with one attached hydrogen (secondary N) is 2. The number of carbonyl (C=O) groups excluding carboxylic acids is 1. The third-order valence-electron chi connectivity index (χ3n) is 1.96. The largest absolute Gasteiger partial charge is 0.450 e. The quantitative estimate of drug-likeness (QED) is 0.814. The summed E-state index contributed by atoms with van der Waals surface area (Å²) in [7, 11) is -3.47. The molecule has 0 atom stereocenters. The van der Waals surface area contributed by atoms with Gasteiger partial charge in [-0.3, -0.25) is 4.72 Å². The molecule has 0 heterocycles. The van der Waals surface area contributed by atoms with Gasteiger partial charge in [-0.15, -0.1) is 0 Å². The number of rotatable bonds is 6. The summed E-state index contributed by atoms with van der Waals surface area (Å²) < 4.78 is 30.3. The summed E-state index contributed by atoms with van der Waals surface area (Å²) in [6.07, 6.45) is -0.618. The number of anilines is 1. The van der Waals surface area contributed by atoms with Crippen LogP contribution in [0.4, 0.5) is 10.5 Å². The van der Waals surface area contributed by atoms with E-state index in [4.69, 9.17) is 0 Å². The van der Waals surface area contributed by atoms with Gasteiger partial charge in [0, 0.05) is 12.2 Å². The van der Waals surface area contributed by atoms with Crippen molar-refractivity contribution in [2.45, 2.75) is 6.92 Å². The summed E-state index contributed by atoms with van der Waals surface area (Å²) in [6.45, 7) is 1.93. The molecule has 0 aromatic heterocycles. The molecule has 18 heavy (non-hydrogen) atoms. The molecule has 100 valence electrons. The lowest BCUT2D eigenvalue weighted by Gasteiger charge is -2.08. The lowest BCUT2D eigenvalue weighted by molar-refractivity contribution is 0.153. The molecule has 1 aromatic rings. The molecule has 1 aromatic carbocycles. The van der Waals surface area contributed by atoms with Crippen LogP contribution in [0.1, 0.15) is 6.92 Å². The van der Waals surface area contributed by atoms with Crippen LogP contribution in [0.25, 0.3) is 0 Å². The molecule has 0 unspecified atom stereocenters. The zero-order chi connectivity index (χ0) is 13.4. The van der Waals surface area contributed by atoms with Crippen LogP contribution in [0.5, 0.6) is 0 Å². The standard InChI is InChI=1S/C11H16N2O4S/c1-2-17-11(14)12-8-9-18(15,16)13-10-6-4-3-5-7-10/h3-7,13H,2,8-9H2,1H3,(H,12,14). The van der Waals surface area contributed by atoms with Crippen molar-refractivity contribution in [2.75, 3.05) is 23.6 Å². The van der Waals surface area contributed by atoms with E-state index in [-0.39, 0.29) is 18.9 Å². The van der Waals surface area contributed by atoms with Crippen molar-refractivity contribution in [3.05, 3.63) is 30.3 Å². The third-order valence-corrected chi connectivity index (χ3v) is 3.25. The van der Waals surface area contributed by atoms with Gasteiger partial charge in [-0.05, 0) is 19.1 Å². The average molecular weight is 272 g/mol. The number of hydrogen-bond acceptors (Lipinski definition) is 4. The fourth-order valence-electron chi connectivity index (χ4n) is 1.21. The smallest absolute Gasteiger partial charge is 0.407 e. The second-order valence-corrected chi connectivity index (χ2v) is 5.28. The molecule has 6 nitrogen and oxygen atoms in total. The number of sulfonamides is 1. The van der Waals surface area contributed by atoms with Crippen molar-refractivity contribution in [3.8, 4) is 0 Å². The van der Waals surface area contributed by atoms with E-state index in [0.29, 0.717) is 5.69 Å². The fourth-order valence-corrected chi connectivity index (χ4v) is 2.17. The number of benzene rings is 1. The van der Waals surface area contributed by atoms with Gasteiger partial charge in [-0.1, -0.05) is 18.2 Å². The Morgan fingerprint density at radius 3 is 2.56 bits per heavy atom. The number of carbonyl (C=O) groups is 1. The van der Waals surface area contributed by atoms with Gasteiger partial charge in [-0.2, -0.15) is 0 Å². The SMILES string of the molecule is CCOC(=O)NCCS(=O)(=O)Nc1ccccc1. The van der Waals surface area contributed by atoms with Gasteiger partial charge in [0.05, 0.1) is 12.4 Å². The molecule has 2 N–H and O–H groups in total. The maximum atomic E-state index is 11.6. The Labute approximate surface area is 106 Å². The number of para-hydroxylation sites is 1. The molecule has 0 aliphatic carbocycles. The molecule has 1 rings (SSSR count). The van der Waals surface area contributed by atoms with Gasteiger partial charge < -0.3 is 10.1 Å². The minimum absolute atomic E-state index is 0.000992. The van der Waals surface area contributed by atoms with Crippen molar-refractivity contribution in [1.82, 2.24) is 5.32 Å². The highest BCUT2D eigenvalue weighted by molar-refractivity contribution is 7.92. The van der Waals surface area contributed by atoms with Crippen LogP contribution < -0.4 is 10.0 Å². The van der Waals surface area contributed by atoms with Crippen LogP contribution in [-0.2, 0) is 14.8 Å². The summed E-state index contributed by atoms with van der Waals surface area (Å²) in [6, 6.07) is 8.55. The minimum atomic E-state index is -3.47. The van der Waals surface area contributed by atoms with E-state index >= 15 is 0 Å². The molecule has 7 heteroatoms. The molecule has 0 fully saturated rings. The molecular formula is C11H16N2O4S. The van der Waals surface area contributed by atoms with Crippen molar-refractivity contribution in [1.29, 1.82) is 0 Å². The van der Waals surface area contributed by atoms with Gasteiger partial charge in [0.15, 0.2) is 0 Å². The van der Waals surface area contributed by atoms with Crippen molar-refractivity contribution >= 4 is 21.8 Å². The first kappa shape index (κ1) is 14.3. The fraction of sp³-hybridized carbons (Fsp3) is 0.364. The molecule has 0 radical (unpaired) electrons. The van der Waals surface area contributed by atoms with Crippen LogP contribution in [0.2, 0.25) is 0 Å². The zero-order valence-corrected chi connectivity index (χ0v) is 10.9. The van der Waals surface area contributed by atoms with Crippen LogP contribution in [0.15, 0.2) is 30.3 Å². The highest BCUT2D eigenvalue weighted by atomic mass is 32.2. The second kappa shape index (κ2) is 6.85. The molecule has 0 saturated carbocycles. The van der Waals surface area contributed by atoms with Gasteiger partial charge in [0.25, 0.3) is 0 Å². The molecule has 0 spiro atoms. The molecule has 1 amide bonds. The minimum Gasteiger partial charge on any atom is -0.450 e. The van der Waals surface area contributed by atoms with E-state index in [1.807, 2.05) is 0 Å². The summed E-state index contributed by atoms with van der Waals surface area (Å²) >= 11 is 0. The Bertz CT molecular complexity index is 473. The lowest BCUT2D eigenvalue weighted by Crippen LogP contribution is -2.31. The summed E-state index contributed by atoms with van der Waals surface area (Å²) in [5.74, 6) is -0.208. The first-order valence-corrected chi connectivity index (χ1v) is 7.15. The maximum Gasteiger partial charge on any atom is 0.407 e. The Balaban J connectivity index is 2.39. The third kappa shape index (κ3) is 5.53. The van der Waals surface area contributed by atoms with E-state index in [0.717, 1.165) is 0 Å². The van der Waals surface area contributed by atoms with Crippen molar-refractivity contribution in [3.63, 3.8) is 0 Å². The first-order valence-electron chi connectivity index (χ1n) is 5.49. The predicted molar refractivity (Wildman–Crippen MR) is 68.9 cm³/mol. The monoisotopic (exact) mass is 272 g/mol. The Morgan fingerprint density at radius 2 is 1.94 bits per heavy atom. The molecule has 0 saturated heterocycles. The molecule has 0 aliphatic heterocycles. The van der Waals surface area contributed by atoms with Crippen LogP contribution in [0, 0.1) is 0 Å². The zero-order valence-electron chi connectivity index (χ0n) is 10.0. The van der Waals surface area contributed by atoms with Crippen molar-refractivity contribution in [2.24, 2.45) is 0 Å². The van der Waals surface area contributed by atoms with E-state index in [9.17, 15) is 13.2 Å². The van der Waals surface area contributed by atoms with E-state index in [2.05, 4.69) is 14.8 Å². The highest BCUT2D eigenvalue weighted by Crippen LogP contribution is 2.07. The van der Waals surface area contributed by atoms with E-state index in [1.165, 1.54) is 0 Å². The Kier molecular flexibility index (Phi) is 5.44. The highest BCUT2D eigenvalue weighted by Gasteiger charge is 2.10. The van der Waals surface area contributed by atoms with E-state index < -0.39 is 16.1 Å². The van der Waals surface area contributed by atoms with Gasteiger partial charge >= 0.3 is 6.09 Å². The second-order valence-electron chi connectivity index (χ2n) is 3.43. The van der Waals surface area contributed by atoms with Crippen LogP contribution in [-0.4, -0.2) is 33.4 Å².